The molecule has 5 heteroatoms. The molecule has 0 bridgehead atoms. The lowest BCUT2D eigenvalue weighted by molar-refractivity contribution is 0.254. The van der Waals surface area contributed by atoms with E-state index >= 15 is 0 Å². The van der Waals surface area contributed by atoms with Crippen LogP contribution in [0.5, 0.6) is 11.5 Å². The van der Waals surface area contributed by atoms with Gasteiger partial charge in [-0.05, 0) is 50.9 Å². The Hall–Kier alpha value is -2.27. The second-order valence-corrected chi connectivity index (χ2v) is 6.84. The molecular formula is C20H24N2O3. The van der Waals surface area contributed by atoms with Crippen molar-refractivity contribution in [2.45, 2.75) is 32.7 Å². The van der Waals surface area contributed by atoms with Crippen molar-refractivity contribution in [2.75, 3.05) is 26.8 Å². The standard InChI is InChI=1S/C20H24N2O3/c1-13-19(14(2)25-21-13)17-7-5-9-22(17)11-15-10-16-6-4-8-18(23-3)20(16)24-12-15/h4,6,8,10,17H,5,7,9,11-12H2,1-3H3/t17-/m0/s1. The van der Waals surface area contributed by atoms with Crippen LogP contribution < -0.4 is 9.47 Å². The number of aromatic nitrogens is 1. The van der Waals surface area contributed by atoms with Crippen LogP contribution in [-0.2, 0) is 0 Å². The predicted molar refractivity (Wildman–Crippen MR) is 96.0 cm³/mol. The molecule has 2 aliphatic rings. The van der Waals surface area contributed by atoms with E-state index in [1.54, 1.807) is 7.11 Å². The summed E-state index contributed by atoms with van der Waals surface area (Å²) in [5.74, 6) is 2.58. The number of rotatable bonds is 4. The highest BCUT2D eigenvalue weighted by Crippen LogP contribution is 2.38. The highest BCUT2D eigenvalue weighted by molar-refractivity contribution is 5.66. The van der Waals surface area contributed by atoms with Gasteiger partial charge < -0.3 is 14.0 Å². The number of benzene rings is 1. The Morgan fingerprint density at radius 2 is 2.20 bits per heavy atom. The van der Waals surface area contributed by atoms with Crippen LogP contribution in [0.15, 0.2) is 28.3 Å². The molecule has 2 aliphatic heterocycles. The van der Waals surface area contributed by atoms with E-state index in [4.69, 9.17) is 14.0 Å². The molecule has 0 N–H and O–H groups in total. The number of ether oxygens (including phenoxy) is 2. The minimum absolute atomic E-state index is 0.388. The topological polar surface area (TPSA) is 47.7 Å². The minimum Gasteiger partial charge on any atom is -0.493 e. The molecule has 0 spiro atoms. The second-order valence-electron chi connectivity index (χ2n) is 6.84. The lowest BCUT2D eigenvalue weighted by atomic mass is 10.0. The fraction of sp³-hybridized carbons (Fsp3) is 0.450. The summed E-state index contributed by atoms with van der Waals surface area (Å²) in [6.07, 6.45) is 4.60. The van der Waals surface area contributed by atoms with Crippen LogP contribution in [0.1, 0.15) is 41.5 Å². The summed E-state index contributed by atoms with van der Waals surface area (Å²) in [6, 6.07) is 6.40. The fourth-order valence-electron chi connectivity index (χ4n) is 4.05. The van der Waals surface area contributed by atoms with E-state index in [2.05, 4.69) is 22.2 Å². The smallest absolute Gasteiger partial charge is 0.168 e. The van der Waals surface area contributed by atoms with Gasteiger partial charge in [-0.3, -0.25) is 4.90 Å². The molecular weight excluding hydrogens is 316 g/mol. The van der Waals surface area contributed by atoms with Gasteiger partial charge in [-0.2, -0.15) is 0 Å². The van der Waals surface area contributed by atoms with Crippen LogP contribution in [0.3, 0.4) is 0 Å². The maximum absolute atomic E-state index is 5.99. The van der Waals surface area contributed by atoms with Gasteiger partial charge in [0.15, 0.2) is 11.5 Å². The molecule has 0 saturated carbocycles. The minimum atomic E-state index is 0.388. The molecule has 1 aromatic carbocycles. The summed E-state index contributed by atoms with van der Waals surface area (Å²) in [5.41, 5.74) is 4.66. The predicted octanol–water partition coefficient (Wildman–Crippen LogP) is 3.91. The van der Waals surface area contributed by atoms with Gasteiger partial charge in [0.05, 0.1) is 12.8 Å². The van der Waals surface area contributed by atoms with Gasteiger partial charge in [0.25, 0.3) is 0 Å². The van der Waals surface area contributed by atoms with Crippen molar-refractivity contribution in [2.24, 2.45) is 0 Å². The highest BCUT2D eigenvalue weighted by Gasteiger charge is 2.31. The normalized spacial score (nSPS) is 20.1. The molecule has 0 amide bonds. The molecule has 25 heavy (non-hydrogen) atoms. The van der Waals surface area contributed by atoms with Crippen molar-refractivity contribution < 1.29 is 14.0 Å². The number of para-hydroxylation sites is 1. The van der Waals surface area contributed by atoms with E-state index in [9.17, 15) is 0 Å². The average molecular weight is 340 g/mol. The van der Waals surface area contributed by atoms with Crippen LogP contribution in [0.2, 0.25) is 0 Å². The highest BCUT2D eigenvalue weighted by atomic mass is 16.5. The van der Waals surface area contributed by atoms with Gasteiger partial charge in [-0.15, -0.1) is 0 Å². The SMILES string of the molecule is COc1cccc2c1OCC(CN1CCC[C@H]1c1c(C)noc1C)=C2. The number of hydrogen-bond donors (Lipinski definition) is 0. The van der Waals surface area contributed by atoms with Crippen molar-refractivity contribution >= 4 is 6.08 Å². The molecule has 1 atom stereocenters. The molecule has 0 radical (unpaired) electrons. The quantitative estimate of drug-likeness (QED) is 0.844. The van der Waals surface area contributed by atoms with Gasteiger partial charge in [-0.1, -0.05) is 17.3 Å². The van der Waals surface area contributed by atoms with E-state index in [1.165, 1.54) is 17.6 Å². The summed E-state index contributed by atoms with van der Waals surface area (Å²) < 4.78 is 16.8. The van der Waals surface area contributed by atoms with Crippen LogP contribution in [-0.4, -0.2) is 36.9 Å². The van der Waals surface area contributed by atoms with Gasteiger partial charge >= 0.3 is 0 Å². The van der Waals surface area contributed by atoms with Crippen LogP contribution in [0.25, 0.3) is 6.08 Å². The first-order valence-electron chi connectivity index (χ1n) is 8.83. The Bertz CT molecular complexity index is 790. The summed E-state index contributed by atoms with van der Waals surface area (Å²) in [4.78, 5) is 2.52. The van der Waals surface area contributed by atoms with Crippen LogP contribution in [0, 0.1) is 13.8 Å². The Labute approximate surface area is 148 Å². The number of aryl methyl sites for hydroxylation is 2. The zero-order valence-electron chi connectivity index (χ0n) is 15.0. The summed E-state index contributed by atoms with van der Waals surface area (Å²) in [7, 11) is 1.68. The summed E-state index contributed by atoms with van der Waals surface area (Å²) in [6.45, 7) is 6.66. The largest absolute Gasteiger partial charge is 0.493 e. The van der Waals surface area contributed by atoms with Crippen LogP contribution >= 0.6 is 0 Å². The van der Waals surface area contributed by atoms with E-state index in [0.717, 1.165) is 48.0 Å². The van der Waals surface area contributed by atoms with Gasteiger partial charge in [-0.25, -0.2) is 0 Å². The third-order valence-corrected chi connectivity index (χ3v) is 5.18. The molecule has 1 saturated heterocycles. The summed E-state index contributed by atoms with van der Waals surface area (Å²) >= 11 is 0. The molecule has 1 fully saturated rings. The van der Waals surface area contributed by atoms with Crippen molar-refractivity contribution in [3.8, 4) is 11.5 Å². The van der Waals surface area contributed by atoms with E-state index in [-0.39, 0.29) is 0 Å². The van der Waals surface area contributed by atoms with E-state index < -0.39 is 0 Å². The third-order valence-electron chi connectivity index (χ3n) is 5.18. The maximum Gasteiger partial charge on any atom is 0.168 e. The van der Waals surface area contributed by atoms with E-state index in [1.807, 2.05) is 26.0 Å². The molecule has 2 aromatic rings. The number of methoxy groups -OCH3 is 1. The molecule has 1 aromatic heterocycles. The number of fused-ring (bicyclic) bond motifs is 1. The van der Waals surface area contributed by atoms with Gasteiger partial charge in [0, 0.05) is 23.7 Å². The Kier molecular flexibility index (Phi) is 4.25. The molecule has 0 aliphatic carbocycles. The molecule has 0 unspecified atom stereocenters. The summed E-state index contributed by atoms with van der Waals surface area (Å²) in [5, 5.41) is 4.14. The third kappa shape index (κ3) is 2.93. The number of nitrogens with zero attached hydrogens (tertiary/aromatic N) is 2. The lowest BCUT2D eigenvalue weighted by Crippen LogP contribution is -2.28. The van der Waals surface area contributed by atoms with Gasteiger partial charge in [0.1, 0.15) is 12.4 Å². The molecule has 5 nitrogen and oxygen atoms in total. The maximum atomic E-state index is 5.99. The van der Waals surface area contributed by atoms with Crippen molar-refractivity contribution in [3.05, 3.63) is 46.4 Å². The first kappa shape index (κ1) is 16.2. The Balaban J connectivity index is 1.57. The Morgan fingerprint density at radius 3 is 2.96 bits per heavy atom. The first-order valence-corrected chi connectivity index (χ1v) is 8.83. The molecule has 3 heterocycles. The molecule has 4 rings (SSSR count). The number of hydrogen-bond acceptors (Lipinski definition) is 5. The zero-order chi connectivity index (χ0) is 17.4. The monoisotopic (exact) mass is 340 g/mol. The second kappa shape index (κ2) is 6.56. The first-order chi connectivity index (χ1) is 12.2. The van der Waals surface area contributed by atoms with Gasteiger partial charge in [0.2, 0.25) is 0 Å². The van der Waals surface area contributed by atoms with Crippen molar-refractivity contribution in [3.63, 3.8) is 0 Å². The lowest BCUT2D eigenvalue weighted by Gasteiger charge is -2.27. The average Bonchev–Trinajstić information content (AvgIpc) is 3.20. The fourth-order valence-corrected chi connectivity index (χ4v) is 4.05. The molecule has 132 valence electrons. The Morgan fingerprint density at radius 1 is 1.32 bits per heavy atom. The van der Waals surface area contributed by atoms with Crippen molar-refractivity contribution in [1.82, 2.24) is 10.1 Å². The zero-order valence-corrected chi connectivity index (χ0v) is 15.0. The number of likely N-dealkylation sites (tertiary alicyclic amines) is 1. The van der Waals surface area contributed by atoms with Crippen molar-refractivity contribution in [1.29, 1.82) is 0 Å². The van der Waals surface area contributed by atoms with Crippen LogP contribution in [0.4, 0.5) is 0 Å². The van der Waals surface area contributed by atoms with E-state index in [0.29, 0.717) is 12.6 Å².